The predicted octanol–water partition coefficient (Wildman–Crippen LogP) is 2.87. The molecule has 3 rings (SSSR count). The third-order valence-electron chi connectivity index (χ3n) is 5.00. The second-order valence-corrected chi connectivity index (χ2v) is 7.85. The minimum atomic E-state index is -0.104. The number of Topliss-reactive ketones (excluding diaryl/α,β-unsaturated/α-hetero) is 1. The fourth-order valence-electron chi connectivity index (χ4n) is 3.62. The van der Waals surface area contributed by atoms with Crippen molar-refractivity contribution in [2.24, 2.45) is 5.41 Å². The highest BCUT2D eigenvalue weighted by molar-refractivity contribution is 5.99. The SMILES string of the molecule is CCN(CCO)C(=O)c1ccc(Cc2onc3c2C(=O)CC(C)(C)C3)cc1. The zero-order valence-electron chi connectivity index (χ0n) is 16.1. The van der Waals surface area contributed by atoms with Crippen molar-refractivity contribution in [1.29, 1.82) is 0 Å². The molecule has 0 saturated carbocycles. The summed E-state index contributed by atoms with van der Waals surface area (Å²) in [6.07, 6.45) is 1.71. The smallest absolute Gasteiger partial charge is 0.253 e. The van der Waals surface area contributed by atoms with Crippen LogP contribution in [0.5, 0.6) is 0 Å². The van der Waals surface area contributed by atoms with E-state index in [1.807, 2.05) is 19.1 Å². The summed E-state index contributed by atoms with van der Waals surface area (Å²) >= 11 is 0. The quantitative estimate of drug-likeness (QED) is 0.845. The third kappa shape index (κ3) is 4.11. The number of carbonyl (C=O) groups is 2. The first-order valence-corrected chi connectivity index (χ1v) is 9.34. The van der Waals surface area contributed by atoms with Gasteiger partial charge in [-0.2, -0.15) is 0 Å². The number of rotatable bonds is 6. The van der Waals surface area contributed by atoms with Crippen molar-refractivity contribution in [3.8, 4) is 0 Å². The Labute approximate surface area is 159 Å². The molecular formula is C21H26N2O4. The van der Waals surface area contributed by atoms with Gasteiger partial charge in [-0.15, -0.1) is 0 Å². The van der Waals surface area contributed by atoms with E-state index in [9.17, 15) is 9.59 Å². The largest absolute Gasteiger partial charge is 0.395 e. The maximum Gasteiger partial charge on any atom is 0.253 e. The van der Waals surface area contributed by atoms with E-state index >= 15 is 0 Å². The van der Waals surface area contributed by atoms with Gasteiger partial charge in [0.2, 0.25) is 0 Å². The molecular weight excluding hydrogens is 344 g/mol. The molecule has 1 aromatic carbocycles. The number of aliphatic hydroxyl groups is 1. The molecule has 0 unspecified atom stereocenters. The number of benzene rings is 1. The molecule has 1 aromatic heterocycles. The molecule has 2 aromatic rings. The van der Waals surface area contributed by atoms with Gasteiger partial charge in [-0.1, -0.05) is 31.1 Å². The number of nitrogens with zero attached hydrogens (tertiary/aromatic N) is 2. The van der Waals surface area contributed by atoms with E-state index in [0.717, 1.165) is 17.7 Å². The normalized spacial score (nSPS) is 15.5. The summed E-state index contributed by atoms with van der Waals surface area (Å²) in [5.41, 5.74) is 2.83. The van der Waals surface area contributed by atoms with E-state index in [4.69, 9.17) is 9.63 Å². The minimum Gasteiger partial charge on any atom is -0.395 e. The van der Waals surface area contributed by atoms with Crippen LogP contribution in [0, 0.1) is 5.41 Å². The van der Waals surface area contributed by atoms with Crippen molar-refractivity contribution in [3.63, 3.8) is 0 Å². The number of ketones is 1. The van der Waals surface area contributed by atoms with E-state index < -0.39 is 0 Å². The summed E-state index contributed by atoms with van der Waals surface area (Å²) in [4.78, 5) is 26.5. The van der Waals surface area contributed by atoms with Crippen LogP contribution in [0.15, 0.2) is 28.8 Å². The molecule has 0 spiro atoms. The lowest BCUT2D eigenvalue weighted by molar-refractivity contribution is 0.0731. The van der Waals surface area contributed by atoms with Gasteiger partial charge in [0.1, 0.15) is 0 Å². The molecule has 0 saturated heterocycles. The number of fused-ring (bicyclic) bond motifs is 1. The average Bonchev–Trinajstić information content (AvgIpc) is 3.01. The monoisotopic (exact) mass is 370 g/mol. The van der Waals surface area contributed by atoms with E-state index in [1.54, 1.807) is 17.0 Å². The van der Waals surface area contributed by atoms with Crippen LogP contribution < -0.4 is 0 Å². The van der Waals surface area contributed by atoms with E-state index in [0.29, 0.717) is 42.8 Å². The topological polar surface area (TPSA) is 83.6 Å². The maximum atomic E-state index is 12.5. The van der Waals surface area contributed by atoms with Crippen LogP contribution in [-0.2, 0) is 12.8 Å². The lowest BCUT2D eigenvalue weighted by atomic mass is 9.75. The standard InChI is InChI=1S/C21H26N2O4/c1-4-23(9-10-24)20(26)15-7-5-14(6-8-15)11-18-19-16(22-27-18)12-21(2,3)13-17(19)25/h5-8,24H,4,9-13H2,1-3H3. The number of aromatic nitrogens is 1. The molecule has 0 bridgehead atoms. The van der Waals surface area contributed by atoms with E-state index in [2.05, 4.69) is 19.0 Å². The molecule has 0 aliphatic heterocycles. The molecule has 1 N–H and O–H groups in total. The first-order valence-electron chi connectivity index (χ1n) is 9.34. The van der Waals surface area contributed by atoms with Gasteiger partial charge in [0.05, 0.1) is 17.9 Å². The molecule has 0 fully saturated rings. The summed E-state index contributed by atoms with van der Waals surface area (Å²) < 4.78 is 5.48. The number of hydrogen-bond donors (Lipinski definition) is 1. The maximum absolute atomic E-state index is 12.5. The minimum absolute atomic E-state index is 0.0564. The molecule has 0 atom stereocenters. The second-order valence-electron chi connectivity index (χ2n) is 7.85. The summed E-state index contributed by atoms with van der Waals surface area (Å²) in [6, 6.07) is 7.27. The molecule has 27 heavy (non-hydrogen) atoms. The lowest BCUT2D eigenvalue weighted by Crippen LogP contribution is -2.33. The van der Waals surface area contributed by atoms with Crippen molar-refractivity contribution in [3.05, 3.63) is 52.4 Å². The zero-order chi connectivity index (χ0) is 19.6. The van der Waals surface area contributed by atoms with Crippen LogP contribution in [-0.4, -0.2) is 46.5 Å². The Balaban J connectivity index is 1.76. The number of amides is 1. The fourth-order valence-corrected chi connectivity index (χ4v) is 3.62. The Morgan fingerprint density at radius 1 is 1.26 bits per heavy atom. The van der Waals surface area contributed by atoms with Crippen molar-refractivity contribution in [2.75, 3.05) is 19.7 Å². The van der Waals surface area contributed by atoms with E-state index in [-0.39, 0.29) is 23.7 Å². The molecule has 144 valence electrons. The van der Waals surface area contributed by atoms with Gasteiger partial charge in [-0.05, 0) is 36.5 Å². The fraction of sp³-hybridized carbons (Fsp3) is 0.476. The Hall–Kier alpha value is -2.47. The van der Waals surface area contributed by atoms with Crippen LogP contribution in [0.1, 0.15) is 64.9 Å². The van der Waals surface area contributed by atoms with Gasteiger partial charge in [-0.3, -0.25) is 9.59 Å². The van der Waals surface area contributed by atoms with Crippen LogP contribution in [0.25, 0.3) is 0 Å². The molecule has 0 radical (unpaired) electrons. The van der Waals surface area contributed by atoms with Crippen LogP contribution >= 0.6 is 0 Å². The Morgan fingerprint density at radius 3 is 2.59 bits per heavy atom. The molecule has 1 aliphatic rings. The van der Waals surface area contributed by atoms with Crippen molar-refractivity contribution < 1.29 is 19.2 Å². The van der Waals surface area contributed by atoms with E-state index in [1.165, 1.54) is 0 Å². The van der Waals surface area contributed by atoms with Crippen LogP contribution in [0.3, 0.4) is 0 Å². The van der Waals surface area contributed by atoms with Gasteiger partial charge in [0.25, 0.3) is 5.91 Å². The summed E-state index contributed by atoms with van der Waals surface area (Å²) in [6.45, 7) is 6.82. The number of hydrogen-bond acceptors (Lipinski definition) is 5. The highest BCUT2D eigenvalue weighted by atomic mass is 16.5. The Morgan fingerprint density at radius 2 is 1.96 bits per heavy atom. The van der Waals surface area contributed by atoms with Crippen LogP contribution in [0.2, 0.25) is 0 Å². The van der Waals surface area contributed by atoms with Gasteiger partial charge in [0, 0.05) is 31.5 Å². The van der Waals surface area contributed by atoms with Crippen LogP contribution in [0.4, 0.5) is 0 Å². The number of aliphatic hydroxyl groups excluding tert-OH is 1. The van der Waals surface area contributed by atoms with Gasteiger partial charge < -0.3 is 14.5 Å². The molecule has 6 heteroatoms. The van der Waals surface area contributed by atoms with Gasteiger partial charge in [0.15, 0.2) is 11.5 Å². The average molecular weight is 370 g/mol. The Kier molecular flexibility index (Phi) is 5.46. The molecule has 6 nitrogen and oxygen atoms in total. The van der Waals surface area contributed by atoms with Crippen molar-refractivity contribution >= 4 is 11.7 Å². The summed E-state index contributed by atoms with van der Waals surface area (Å²) in [7, 11) is 0. The van der Waals surface area contributed by atoms with Crippen molar-refractivity contribution in [1.82, 2.24) is 10.1 Å². The predicted molar refractivity (Wildman–Crippen MR) is 101 cm³/mol. The third-order valence-corrected chi connectivity index (χ3v) is 5.00. The highest BCUT2D eigenvalue weighted by Gasteiger charge is 2.35. The molecule has 1 aliphatic carbocycles. The first-order chi connectivity index (χ1) is 12.8. The zero-order valence-corrected chi connectivity index (χ0v) is 16.1. The van der Waals surface area contributed by atoms with Crippen molar-refractivity contribution in [2.45, 2.75) is 40.0 Å². The highest BCUT2D eigenvalue weighted by Crippen LogP contribution is 2.36. The number of likely N-dealkylation sites (N-methyl/N-ethyl adjacent to an activating group) is 1. The first kappa shape index (κ1) is 19.3. The second kappa shape index (κ2) is 7.64. The number of carbonyl (C=O) groups excluding carboxylic acids is 2. The molecule has 1 amide bonds. The Bertz CT molecular complexity index is 836. The molecule has 1 heterocycles. The van der Waals surface area contributed by atoms with Gasteiger partial charge >= 0.3 is 0 Å². The summed E-state index contributed by atoms with van der Waals surface area (Å²) in [5.74, 6) is 0.583. The lowest BCUT2D eigenvalue weighted by Gasteiger charge is -2.26. The van der Waals surface area contributed by atoms with Gasteiger partial charge in [-0.25, -0.2) is 0 Å². The summed E-state index contributed by atoms with van der Waals surface area (Å²) in [5, 5.41) is 13.2.